The lowest BCUT2D eigenvalue weighted by Crippen LogP contribution is -2.39. The zero-order chi connectivity index (χ0) is 26.0. The van der Waals surface area contributed by atoms with Crippen molar-refractivity contribution < 1.29 is 14.3 Å². The minimum atomic E-state index is -0.687. The molecule has 0 saturated carbocycles. The smallest absolute Gasteiger partial charge is 0.338 e. The van der Waals surface area contributed by atoms with Gasteiger partial charge in [0, 0.05) is 5.02 Å². The average molecular weight is 653 g/mol. The van der Waals surface area contributed by atoms with E-state index in [2.05, 4.69) is 43.4 Å². The van der Waals surface area contributed by atoms with Gasteiger partial charge in [0.05, 0.1) is 37.4 Å². The van der Waals surface area contributed by atoms with Crippen LogP contribution in [0.4, 0.5) is 0 Å². The number of aromatic nitrogens is 1. The number of benzene rings is 2. The zero-order valence-corrected chi connectivity index (χ0v) is 24.1. The lowest BCUT2D eigenvalue weighted by molar-refractivity contribution is -0.139. The summed E-state index contributed by atoms with van der Waals surface area (Å²) in [7, 11) is 0. The third-order valence-electron chi connectivity index (χ3n) is 5.37. The molecular weight excluding hydrogens is 632 g/mol. The Morgan fingerprint density at radius 1 is 1.25 bits per heavy atom. The lowest BCUT2D eigenvalue weighted by Gasteiger charge is -2.24. The molecule has 0 bridgehead atoms. The number of esters is 1. The number of carbonyl (C=O) groups is 1. The first kappa shape index (κ1) is 26.6. The molecule has 0 fully saturated rings. The van der Waals surface area contributed by atoms with Gasteiger partial charge in [-0.25, -0.2) is 9.79 Å². The highest BCUT2D eigenvalue weighted by Gasteiger charge is 2.33. The summed E-state index contributed by atoms with van der Waals surface area (Å²) in [6.07, 6.45) is 3.45. The fraction of sp³-hybridized carbons (Fsp3) is 0.192. The Bertz CT molecular complexity index is 1530. The minimum Gasteiger partial charge on any atom is -0.487 e. The summed E-state index contributed by atoms with van der Waals surface area (Å²) < 4.78 is 14.5. The van der Waals surface area contributed by atoms with E-state index in [1.165, 1.54) is 11.3 Å². The molecule has 0 N–H and O–H groups in total. The van der Waals surface area contributed by atoms with Crippen LogP contribution in [0.5, 0.6) is 5.75 Å². The van der Waals surface area contributed by atoms with E-state index in [0.717, 1.165) is 20.1 Å². The Balaban J connectivity index is 1.89. The Hall–Kier alpha value is -2.46. The molecule has 1 atom stereocenters. The van der Waals surface area contributed by atoms with Gasteiger partial charge in [-0.3, -0.25) is 9.36 Å². The fourth-order valence-corrected chi connectivity index (χ4v) is 6.47. The highest BCUT2D eigenvalue weighted by molar-refractivity contribution is 9.11. The van der Waals surface area contributed by atoms with Crippen molar-refractivity contribution in [1.82, 2.24) is 4.57 Å². The van der Waals surface area contributed by atoms with Crippen molar-refractivity contribution in [3.63, 3.8) is 0 Å². The molecule has 36 heavy (non-hydrogen) atoms. The Morgan fingerprint density at radius 2 is 1.92 bits per heavy atom. The summed E-state index contributed by atoms with van der Waals surface area (Å²) in [5.41, 5.74) is 2.10. The summed E-state index contributed by atoms with van der Waals surface area (Å²) >= 11 is 14.4. The predicted octanol–water partition coefficient (Wildman–Crippen LogP) is 5.54. The summed E-state index contributed by atoms with van der Waals surface area (Å²) in [6.45, 7) is 7.74. The van der Waals surface area contributed by atoms with Crippen LogP contribution in [0, 0.1) is 0 Å². The zero-order valence-electron chi connectivity index (χ0n) is 19.4. The third kappa shape index (κ3) is 5.29. The topological polar surface area (TPSA) is 69.9 Å². The van der Waals surface area contributed by atoms with Crippen LogP contribution in [0.3, 0.4) is 0 Å². The maximum absolute atomic E-state index is 13.7. The van der Waals surface area contributed by atoms with Gasteiger partial charge in [-0.05, 0) is 87.2 Å². The first-order valence-electron chi connectivity index (χ1n) is 10.9. The van der Waals surface area contributed by atoms with Gasteiger partial charge in [-0.1, -0.05) is 47.7 Å². The van der Waals surface area contributed by atoms with Gasteiger partial charge < -0.3 is 9.47 Å². The van der Waals surface area contributed by atoms with Crippen LogP contribution in [0.2, 0.25) is 5.02 Å². The molecule has 2 aromatic carbocycles. The molecule has 10 heteroatoms. The second kappa shape index (κ2) is 11.3. The van der Waals surface area contributed by atoms with Gasteiger partial charge in [0.1, 0.15) is 12.4 Å². The molecule has 2 heterocycles. The van der Waals surface area contributed by atoms with Gasteiger partial charge in [0.25, 0.3) is 5.56 Å². The van der Waals surface area contributed by atoms with Crippen LogP contribution in [0.15, 0.2) is 79.1 Å². The van der Waals surface area contributed by atoms with Crippen molar-refractivity contribution in [2.75, 3.05) is 13.2 Å². The molecule has 3 aromatic rings. The van der Waals surface area contributed by atoms with Crippen LogP contribution in [-0.4, -0.2) is 23.8 Å². The number of halogens is 3. The van der Waals surface area contributed by atoms with Crippen LogP contribution in [-0.2, 0) is 9.53 Å². The second-order valence-electron chi connectivity index (χ2n) is 7.77. The molecule has 0 spiro atoms. The Labute approximate surface area is 233 Å². The van der Waals surface area contributed by atoms with E-state index in [-0.39, 0.29) is 12.2 Å². The van der Waals surface area contributed by atoms with Crippen molar-refractivity contribution >= 4 is 66.8 Å². The number of hydrogen-bond donors (Lipinski definition) is 0. The van der Waals surface area contributed by atoms with Crippen molar-refractivity contribution in [1.29, 1.82) is 0 Å². The van der Waals surface area contributed by atoms with E-state index in [1.807, 2.05) is 12.1 Å². The fourth-order valence-electron chi connectivity index (χ4n) is 3.85. The molecule has 0 amide bonds. The van der Waals surface area contributed by atoms with Gasteiger partial charge in [-0.2, -0.15) is 0 Å². The van der Waals surface area contributed by atoms with Crippen LogP contribution >= 0.6 is 54.8 Å². The maximum Gasteiger partial charge on any atom is 0.338 e. The molecular formula is C26H21Br2ClN2O4S. The molecule has 1 aliphatic rings. The molecule has 0 radical (unpaired) electrons. The molecule has 1 aromatic heterocycles. The normalized spacial score (nSPS) is 15.4. The van der Waals surface area contributed by atoms with Gasteiger partial charge in [-0.15, -0.1) is 0 Å². The number of allylic oxidation sites excluding steroid dienone is 1. The van der Waals surface area contributed by atoms with Gasteiger partial charge >= 0.3 is 5.97 Å². The first-order chi connectivity index (χ1) is 17.2. The number of ether oxygens (including phenoxy) is 2. The van der Waals surface area contributed by atoms with Crippen molar-refractivity contribution in [2.24, 2.45) is 4.99 Å². The van der Waals surface area contributed by atoms with Crippen molar-refractivity contribution in [3.05, 3.63) is 105 Å². The molecule has 0 aliphatic carbocycles. The Morgan fingerprint density at radius 3 is 2.53 bits per heavy atom. The van der Waals surface area contributed by atoms with Gasteiger partial charge in [0.15, 0.2) is 4.80 Å². The molecule has 1 aliphatic heterocycles. The number of rotatable bonds is 7. The maximum atomic E-state index is 13.7. The van der Waals surface area contributed by atoms with E-state index in [4.69, 9.17) is 21.1 Å². The first-order valence-corrected chi connectivity index (χ1v) is 13.7. The van der Waals surface area contributed by atoms with Crippen LogP contribution in [0.25, 0.3) is 6.08 Å². The number of hydrogen-bond acceptors (Lipinski definition) is 6. The van der Waals surface area contributed by atoms with E-state index in [9.17, 15) is 9.59 Å². The quantitative estimate of drug-likeness (QED) is 0.248. The summed E-state index contributed by atoms with van der Waals surface area (Å²) in [4.78, 5) is 31.7. The number of thiazole rings is 1. The summed E-state index contributed by atoms with van der Waals surface area (Å²) in [5.74, 6) is 0.141. The largest absolute Gasteiger partial charge is 0.487 e. The lowest BCUT2D eigenvalue weighted by atomic mass is 9.96. The monoisotopic (exact) mass is 650 g/mol. The molecule has 0 unspecified atom stereocenters. The van der Waals surface area contributed by atoms with Crippen molar-refractivity contribution in [2.45, 2.75) is 19.9 Å². The molecule has 0 saturated heterocycles. The number of carbonyl (C=O) groups excluding carboxylic acids is 1. The SMILES string of the molecule is C=CCOc1c(Br)cc(/C=c2\sc3n(c2=O)[C@H](c2ccc(Cl)cc2)C(C(=O)OCC)=C(C)N=3)cc1Br. The van der Waals surface area contributed by atoms with Crippen LogP contribution < -0.4 is 19.6 Å². The van der Waals surface area contributed by atoms with Crippen molar-refractivity contribution in [3.8, 4) is 5.75 Å². The summed E-state index contributed by atoms with van der Waals surface area (Å²) in [6, 6.07) is 10.1. The van der Waals surface area contributed by atoms with E-state index < -0.39 is 12.0 Å². The molecule has 186 valence electrons. The molecule has 6 nitrogen and oxygen atoms in total. The average Bonchev–Trinajstić information content (AvgIpc) is 3.12. The second-order valence-corrected chi connectivity index (χ2v) is 10.9. The number of nitrogens with zero attached hydrogens (tertiary/aromatic N) is 2. The third-order valence-corrected chi connectivity index (χ3v) is 7.78. The van der Waals surface area contributed by atoms with E-state index in [0.29, 0.717) is 38.0 Å². The summed E-state index contributed by atoms with van der Waals surface area (Å²) in [5, 5.41) is 0.557. The number of fused-ring (bicyclic) bond motifs is 1. The predicted molar refractivity (Wildman–Crippen MR) is 149 cm³/mol. The highest BCUT2D eigenvalue weighted by Crippen LogP contribution is 2.35. The molecule has 4 rings (SSSR count). The minimum absolute atomic E-state index is 0.212. The van der Waals surface area contributed by atoms with E-state index >= 15 is 0 Å². The van der Waals surface area contributed by atoms with Crippen LogP contribution in [0.1, 0.15) is 31.0 Å². The standard InChI is InChI=1S/C26H21Br2ClN2O4S/c1-4-10-35-23-18(27)11-15(12-19(23)28)13-20-24(32)31-22(16-6-8-17(29)9-7-16)21(25(33)34-5-2)14(3)30-26(31)36-20/h4,6-9,11-13,22H,1,5,10H2,2-3H3/b20-13-/t22-/m1/s1. The Kier molecular flexibility index (Phi) is 8.34. The van der Waals surface area contributed by atoms with Gasteiger partial charge in [0.2, 0.25) is 0 Å². The van der Waals surface area contributed by atoms with E-state index in [1.54, 1.807) is 54.8 Å². The highest BCUT2D eigenvalue weighted by atomic mass is 79.9.